The average molecular weight is 217 g/mol. The van der Waals surface area contributed by atoms with Gasteiger partial charge in [0.25, 0.3) is 0 Å². The standard InChI is InChI=1S/C12H15N3O/c1-9-5-2-3-6-10(9)12-14-11(16-15-12)7-4-8-13/h2-3,5-6H,4,7-8,13H2,1H3. The van der Waals surface area contributed by atoms with Crippen molar-refractivity contribution in [3.8, 4) is 11.4 Å². The van der Waals surface area contributed by atoms with Crippen LogP contribution in [0.15, 0.2) is 28.8 Å². The van der Waals surface area contributed by atoms with E-state index < -0.39 is 0 Å². The predicted molar refractivity (Wildman–Crippen MR) is 61.8 cm³/mol. The van der Waals surface area contributed by atoms with Crippen LogP contribution in [-0.2, 0) is 6.42 Å². The van der Waals surface area contributed by atoms with Gasteiger partial charge in [0.2, 0.25) is 11.7 Å². The summed E-state index contributed by atoms with van der Waals surface area (Å²) in [5.41, 5.74) is 7.59. The number of benzene rings is 1. The Balaban J connectivity index is 2.22. The molecule has 4 nitrogen and oxygen atoms in total. The third-order valence-electron chi connectivity index (χ3n) is 2.45. The highest BCUT2D eigenvalue weighted by molar-refractivity contribution is 5.58. The Labute approximate surface area is 94.5 Å². The molecular weight excluding hydrogens is 202 g/mol. The van der Waals surface area contributed by atoms with Crippen molar-refractivity contribution in [2.24, 2.45) is 5.73 Å². The Morgan fingerprint density at radius 2 is 2.12 bits per heavy atom. The molecule has 0 fully saturated rings. The molecule has 2 aromatic rings. The number of aromatic nitrogens is 2. The number of hydrogen-bond donors (Lipinski definition) is 1. The molecule has 0 amide bonds. The third-order valence-corrected chi connectivity index (χ3v) is 2.45. The minimum Gasteiger partial charge on any atom is -0.339 e. The SMILES string of the molecule is Cc1ccccc1-c1noc(CCCN)n1. The average Bonchev–Trinajstić information content (AvgIpc) is 2.75. The molecule has 0 unspecified atom stereocenters. The minimum absolute atomic E-state index is 0.641. The van der Waals surface area contributed by atoms with Gasteiger partial charge in [-0.3, -0.25) is 0 Å². The second-order valence-corrected chi connectivity index (χ2v) is 3.72. The monoisotopic (exact) mass is 217 g/mol. The van der Waals surface area contributed by atoms with E-state index in [-0.39, 0.29) is 0 Å². The number of nitrogens with zero attached hydrogens (tertiary/aromatic N) is 2. The van der Waals surface area contributed by atoms with Gasteiger partial charge >= 0.3 is 0 Å². The van der Waals surface area contributed by atoms with E-state index in [1.807, 2.05) is 31.2 Å². The van der Waals surface area contributed by atoms with Crippen LogP contribution in [0.2, 0.25) is 0 Å². The summed E-state index contributed by atoms with van der Waals surface area (Å²) in [6.07, 6.45) is 1.62. The lowest BCUT2D eigenvalue weighted by Crippen LogP contribution is -2.00. The quantitative estimate of drug-likeness (QED) is 0.849. The van der Waals surface area contributed by atoms with Crippen molar-refractivity contribution in [3.63, 3.8) is 0 Å². The first-order valence-corrected chi connectivity index (χ1v) is 5.40. The summed E-state index contributed by atoms with van der Waals surface area (Å²) in [5.74, 6) is 1.31. The van der Waals surface area contributed by atoms with E-state index in [9.17, 15) is 0 Å². The van der Waals surface area contributed by atoms with E-state index in [1.165, 1.54) is 0 Å². The van der Waals surface area contributed by atoms with Crippen molar-refractivity contribution < 1.29 is 4.52 Å². The van der Waals surface area contributed by atoms with E-state index in [2.05, 4.69) is 10.1 Å². The fraction of sp³-hybridized carbons (Fsp3) is 0.333. The first-order chi connectivity index (χ1) is 7.81. The van der Waals surface area contributed by atoms with Gasteiger partial charge in [-0.05, 0) is 25.5 Å². The highest BCUT2D eigenvalue weighted by atomic mass is 16.5. The molecule has 1 aromatic heterocycles. The largest absolute Gasteiger partial charge is 0.339 e. The second kappa shape index (κ2) is 4.90. The van der Waals surface area contributed by atoms with E-state index in [0.717, 1.165) is 24.0 Å². The molecule has 84 valence electrons. The minimum atomic E-state index is 0.641. The summed E-state index contributed by atoms with van der Waals surface area (Å²) in [4.78, 5) is 4.35. The smallest absolute Gasteiger partial charge is 0.227 e. The molecule has 16 heavy (non-hydrogen) atoms. The molecule has 0 aliphatic heterocycles. The zero-order valence-electron chi connectivity index (χ0n) is 9.31. The zero-order chi connectivity index (χ0) is 11.4. The molecule has 2 rings (SSSR count). The van der Waals surface area contributed by atoms with Crippen molar-refractivity contribution in [3.05, 3.63) is 35.7 Å². The lowest BCUT2D eigenvalue weighted by molar-refractivity contribution is 0.376. The van der Waals surface area contributed by atoms with Gasteiger partial charge in [-0.1, -0.05) is 29.4 Å². The van der Waals surface area contributed by atoms with Crippen molar-refractivity contribution in [2.45, 2.75) is 19.8 Å². The number of hydrogen-bond acceptors (Lipinski definition) is 4. The van der Waals surface area contributed by atoms with E-state index >= 15 is 0 Å². The van der Waals surface area contributed by atoms with Crippen LogP contribution < -0.4 is 5.73 Å². The van der Waals surface area contributed by atoms with Gasteiger partial charge in [0.15, 0.2) is 0 Å². The number of rotatable bonds is 4. The highest BCUT2D eigenvalue weighted by Crippen LogP contribution is 2.19. The van der Waals surface area contributed by atoms with Gasteiger partial charge < -0.3 is 10.3 Å². The summed E-state index contributed by atoms with van der Waals surface area (Å²) >= 11 is 0. The van der Waals surface area contributed by atoms with Crippen LogP contribution >= 0.6 is 0 Å². The van der Waals surface area contributed by atoms with Crippen LogP contribution in [-0.4, -0.2) is 16.7 Å². The van der Waals surface area contributed by atoms with Crippen LogP contribution in [0.1, 0.15) is 17.9 Å². The summed E-state index contributed by atoms with van der Waals surface area (Å²) in [7, 11) is 0. The molecular formula is C12H15N3O. The van der Waals surface area contributed by atoms with Gasteiger partial charge in [-0.15, -0.1) is 0 Å². The molecule has 0 radical (unpaired) electrons. The number of aryl methyl sites for hydroxylation is 2. The lowest BCUT2D eigenvalue weighted by atomic mass is 10.1. The van der Waals surface area contributed by atoms with Crippen molar-refractivity contribution in [1.82, 2.24) is 10.1 Å². The molecule has 2 N–H and O–H groups in total. The summed E-state index contributed by atoms with van der Waals surface area (Å²) in [5, 5.41) is 3.97. The lowest BCUT2D eigenvalue weighted by Gasteiger charge is -1.97. The normalized spacial score (nSPS) is 10.6. The molecule has 0 spiro atoms. The van der Waals surface area contributed by atoms with E-state index in [4.69, 9.17) is 10.3 Å². The zero-order valence-corrected chi connectivity index (χ0v) is 9.31. The maximum Gasteiger partial charge on any atom is 0.227 e. The maximum atomic E-state index is 5.43. The van der Waals surface area contributed by atoms with Crippen LogP contribution in [0.25, 0.3) is 11.4 Å². The Bertz CT molecular complexity index is 465. The molecule has 0 saturated heterocycles. The van der Waals surface area contributed by atoms with Gasteiger partial charge in [0.1, 0.15) is 0 Å². The first-order valence-electron chi connectivity index (χ1n) is 5.40. The fourth-order valence-electron chi connectivity index (χ4n) is 1.54. The van der Waals surface area contributed by atoms with Gasteiger partial charge in [0, 0.05) is 12.0 Å². The van der Waals surface area contributed by atoms with Crippen LogP contribution in [0.3, 0.4) is 0 Å². The summed E-state index contributed by atoms with van der Waals surface area (Å²) < 4.78 is 5.16. The molecule has 0 aliphatic rings. The topological polar surface area (TPSA) is 64.9 Å². The highest BCUT2D eigenvalue weighted by Gasteiger charge is 2.09. The van der Waals surface area contributed by atoms with Crippen molar-refractivity contribution in [2.75, 3.05) is 6.54 Å². The number of nitrogens with two attached hydrogens (primary N) is 1. The molecule has 1 heterocycles. The van der Waals surface area contributed by atoms with Crippen LogP contribution in [0, 0.1) is 6.92 Å². The Kier molecular flexibility index (Phi) is 3.31. The van der Waals surface area contributed by atoms with Gasteiger partial charge in [-0.2, -0.15) is 4.98 Å². The van der Waals surface area contributed by atoms with Crippen LogP contribution in [0.5, 0.6) is 0 Å². The summed E-state index contributed by atoms with van der Waals surface area (Å²) in [6.45, 7) is 2.67. The maximum absolute atomic E-state index is 5.43. The van der Waals surface area contributed by atoms with Crippen molar-refractivity contribution >= 4 is 0 Å². The molecule has 0 aliphatic carbocycles. The Hall–Kier alpha value is -1.68. The van der Waals surface area contributed by atoms with Gasteiger partial charge in [0.05, 0.1) is 0 Å². The third kappa shape index (κ3) is 2.28. The Morgan fingerprint density at radius 3 is 2.88 bits per heavy atom. The first kappa shape index (κ1) is 10.8. The van der Waals surface area contributed by atoms with E-state index in [0.29, 0.717) is 18.3 Å². The predicted octanol–water partition coefficient (Wildman–Crippen LogP) is 1.94. The molecule has 0 bridgehead atoms. The van der Waals surface area contributed by atoms with E-state index in [1.54, 1.807) is 0 Å². The van der Waals surface area contributed by atoms with Gasteiger partial charge in [-0.25, -0.2) is 0 Å². The molecule has 4 heteroatoms. The molecule has 0 atom stereocenters. The summed E-state index contributed by atoms with van der Waals surface area (Å²) in [6, 6.07) is 7.99. The van der Waals surface area contributed by atoms with Crippen molar-refractivity contribution in [1.29, 1.82) is 0 Å². The second-order valence-electron chi connectivity index (χ2n) is 3.72. The fourth-order valence-corrected chi connectivity index (χ4v) is 1.54. The molecule has 0 saturated carbocycles. The van der Waals surface area contributed by atoms with Crippen LogP contribution in [0.4, 0.5) is 0 Å². The molecule has 1 aromatic carbocycles. The Morgan fingerprint density at radius 1 is 1.31 bits per heavy atom.